The largest absolute Gasteiger partial charge is 0.461 e. The van der Waals surface area contributed by atoms with Crippen LogP contribution in [0.15, 0.2) is 29.9 Å². The highest BCUT2D eigenvalue weighted by atomic mass is 16.5. The van der Waals surface area contributed by atoms with Gasteiger partial charge in [-0.1, -0.05) is 24.8 Å². The lowest BCUT2D eigenvalue weighted by molar-refractivity contribution is 0.159. The summed E-state index contributed by atoms with van der Waals surface area (Å²) in [6, 6.07) is 0. The van der Waals surface area contributed by atoms with Gasteiger partial charge in [-0.05, 0) is 12.0 Å². The Kier molecular flexibility index (Phi) is 6.30. The molecule has 0 bridgehead atoms. The van der Waals surface area contributed by atoms with Crippen molar-refractivity contribution in [3.63, 3.8) is 0 Å². The molecule has 0 aliphatic rings. The van der Waals surface area contributed by atoms with Crippen LogP contribution in [-0.2, 0) is 4.74 Å². The number of allylic oxidation sites excluding steroid dienone is 2. The van der Waals surface area contributed by atoms with Gasteiger partial charge >= 0.3 is 6.09 Å². The van der Waals surface area contributed by atoms with Crippen molar-refractivity contribution in [2.24, 2.45) is 5.11 Å². The molecular weight excluding hydrogens is 158 g/mol. The van der Waals surface area contributed by atoms with Gasteiger partial charge in [-0.25, -0.2) is 4.79 Å². The quantitative estimate of drug-likeness (QED) is 0.212. The second kappa shape index (κ2) is 7.37. The van der Waals surface area contributed by atoms with Crippen LogP contribution in [0.3, 0.4) is 0 Å². The van der Waals surface area contributed by atoms with Crippen LogP contribution in [0.1, 0.15) is 6.42 Å². The van der Waals surface area contributed by atoms with Crippen LogP contribution < -0.4 is 0 Å². The van der Waals surface area contributed by atoms with Gasteiger partial charge in [0.25, 0.3) is 0 Å². The molecule has 0 aromatic rings. The van der Waals surface area contributed by atoms with E-state index in [2.05, 4.69) is 21.3 Å². The van der Waals surface area contributed by atoms with E-state index in [-0.39, 0.29) is 6.61 Å². The molecule has 0 N–H and O–H groups in total. The fourth-order valence-electron chi connectivity index (χ4n) is 0.472. The van der Waals surface area contributed by atoms with E-state index < -0.39 is 6.09 Å². The van der Waals surface area contributed by atoms with E-state index in [4.69, 9.17) is 5.53 Å². The summed E-state index contributed by atoms with van der Waals surface area (Å²) >= 11 is 0. The summed E-state index contributed by atoms with van der Waals surface area (Å²) in [6.45, 7) is 3.67. The van der Waals surface area contributed by atoms with Gasteiger partial charge < -0.3 is 4.74 Å². The van der Waals surface area contributed by atoms with Crippen molar-refractivity contribution in [1.29, 1.82) is 0 Å². The van der Waals surface area contributed by atoms with E-state index in [1.54, 1.807) is 18.2 Å². The molecule has 0 fully saturated rings. The Morgan fingerprint density at radius 3 is 3.08 bits per heavy atom. The smallest absolute Gasteiger partial charge is 0.396 e. The predicted molar refractivity (Wildman–Crippen MR) is 44.4 cm³/mol. The molecule has 0 aliphatic carbocycles. The Balaban J connectivity index is 3.43. The van der Waals surface area contributed by atoms with Crippen molar-refractivity contribution in [3.8, 4) is 0 Å². The highest BCUT2D eigenvalue weighted by Gasteiger charge is 1.94. The fraction of sp³-hybridized carbons (Fsp3) is 0.286. The van der Waals surface area contributed by atoms with E-state index >= 15 is 0 Å². The molecule has 0 saturated carbocycles. The third kappa shape index (κ3) is 6.38. The first kappa shape index (κ1) is 10.3. The Morgan fingerprint density at radius 1 is 1.75 bits per heavy atom. The average molecular weight is 167 g/mol. The maximum Gasteiger partial charge on any atom is 0.396 e. The molecule has 1 amide bonds. The minimum atomic E-state index is -0.899. The first-order chi connectivity index (χ1) is 5.81. The standard InChI is InChI=1S/C7H9N3O2/c1-2-3-4-5-6-12-7(11)9-10-8/h2-4H,1,5-6H2/b4-3+. The van der Waals surface area contributed by atoms with Crippen molar-refractivity contribution in [1.82, 2.24) is 0 Å². The highest BCUT2D eigenvalue weighted by molar-refractivity contribution is 5.67. The second-order valence-corrected chi connectivity index (χ2v) is 1.76. The highest BCUT2D eigenvalue weighted by Crippen LogP contribution is 1.89. The minimum absolute atomic E-state index is 0.211. The number of azide groups is 1. The van der Waals surface area contributed by atoms with Gasteiger partial charge in [-0.15, -0.1) is 0 Å². The summed E-state index contributed by atoms with van der Waals surface area (Å²) in [6.07, 6.45) is 4.83. The maximum atomic E-state index is 10.4. The van der Waals surface area contributed by atoms with Gasteiger partial charge in [-0.3, -0.25) is 0 Å². The molecule has 0 rings (SSSR count). The number of hydrogen-bond acceptors (Lipinski definition) is 2. The van der Waals surface area contributed by atoms with E-state index in [9.17, 15) is 4.79 Å². The zero-order valence-corrected chi connectivity index (χ0v) is 6.51. The maximum absolute atomic E-state index is 10.4. The number of nitrogens with zero attached hydrogens (tertiary/aromatic N) is 3. The second-order valence-electron chi connectivity index (χ2n) is 1.76. The van der Waals surface area contributed by atoms with Gasteiger partial charge in [-0.2, -0.15) is 0 Å². The van der Waals surface area contributed by atoms with Crippen LogP contribution in [0.25, 0.3) is 10.4 Å². The third-order valence-electron chi connectivity index (χ3n) is 0.909. The number of amides is 1. The normalized spacial score (nSPS) is 9.00. The van der Waals surface area contributed by atoms with Gasteiger partial charge in [0, 0.05) is 10.0 Å². The molecule has 0 heterocycles. The van der Waals surface area contributed by atoms with Crippen molar-refractivity contribution >= 4 is 6.09 Å². The fourth-order valence-corrected chi connectivity index (χ4v) is 0.472. The molecule has 0 aliphatic heterocycles. The van der Waals surface area contributed by atoms with E-state index in [0.29, 0.717) is 6.42 Å². The zero-order chi connectivity index (χ0) is 9.23. The first-order valence-corrected chi connectivity index (χ1v) is 3.30. The van der Waals surface area contributed by atoms with Crippen molar-refractivity contribution in [2.45, 2.75) is 6.42 Å². The lowest BCUT2D eigenvalue weighted by atomic mass is 10.4. The number of rotatable bonds is 4. The molecule has 0 unspecified atom stereocenters. The lowest BCUT2D eigenvalue weighted by Crippen LogP contribution is -1.98. The first-order valence-electron chi connectivity index (χ1n) is 3.30. The zero-order valence-electron chi connectivity index (χ0n) is 6.51. The summed E-state index contributed by atoms with van der Waals surface area (Å²) < 4.78 is 4.48. The SMILES string of the molecule is C=C/C=C/CCOC(=O)N=[N+]=[N-]. The Hall–Kier alpha value is -1.74. The predicted octanol–water partition coefficient (Wildman–Crippen LogP) is 2.57. The minimum Gasteiger partial charge on any atom is -0.461 e. The molecule has 0 radical (unpaired) electrons. The van der Waals surface area contributed by atoms with Gasteiger partial charge in [0.05, 0.1) is 6.61 Å². The molecule has 5 heteroatoms. The Bertz CT molecular complexity index is 229. The molecule has 0 atom stereocenters. The number of carbonyl (C=O) groups is 1. The van der Waals surface area contributed by atoms with Crippen LogP contribution in [0, 0.1) is 0 Å². The number of ether oxygens (including phenoxy) is 1. The lowest BCUT2D eigenvalue weighted by Gasteiger charge is -1.95. The summed E-state index contributed by atoms with van der Waals surface area (Å²) in [5.41, 5.74) is 7.81. The number of hydrogen-bond donors (Lipinski definition) is 0. The van der Waals surface area contributed by atoms with Crippen LogP contribution in [-0.4, -0.2) is 12.7 Å². The average Bonchev–Trinajstić information content (AvgIpc) is 2.05. The molecular formula is C7H9N3O2. The third-order valence-corrected chi connectivity index (χ3v) is 0.909. The monoisotopic (exact) mass is 167 g/mol. The molecule has 0 spiro atoms. The molecule has 64 valence electrons. The van der Waals surface area contributed by atoms with Gasteiger partial charge in [0.1, 0.15) is 0 Å². The van der Waals surface area contributed by atoms with Crippen molar-refractivity contribution in [2.75, 3.05) is 6.61 Å². The molecule has 12 heavy (non-hydrogen) atoms. The van der Waals surface area contributed by atoms with Crippen LogP contribution >= 0.6 is 0 Å². The summed E-state index contributed by atoms with van der Waals surface area (Å²) in [5, 5.41) is 2.72. The number of carbonyl (C=O) groups excluding carboxylic acids is 1. The molecule has 0 aromatic heterocycles. The van der Waals surface area contributed by atoms with Crippen molar-refractivity contribution in [3.05, 3.63) is 35.2 Å². The van der Waals surface area contributed by atoms with Crippen LogP contribution in [0.5, 0.6) is 0 Å². The molecule has 0 saturated heterocycles. The Labute approximate surface area is 70.0 Å². The summed E-state index contributed by atoms with van der Waals surface area (Å²) in [4.78, 5) is 12.7. The van der Waals surface area contributed by atoms with Gasteiger partial charge in [0.15, 0.2) is 0 Å². The molecule has 5 nitrogen and oxygen atoms in total. The van der Waals surface area contributed by atoms with Crippen molar-refractivity contribution < 1.29 is 9.53 Å². The topological polar surface area (TPSA) is 75.1 Å². The van der Waals surface area contributed by atoms with Gasteiger partial charge in [0.2, 0.25) is 0 Å². The molecule has 0 aromatic carbocycles. The van der Waals surface area contributed by atoms with E-state index in [1.165, 1.54) is 0 Å². The Morgan fingerprint density at radius 2 is 2.50 bits per heavy atom. The van der Waals surface area contributed by atoms with Crippen LogP contribution in [0.4, 0.5) is 4.79 Å². The van der Waals surface area contributed by atoms with E-state index in [0.717, 1.165) is 0 Å². The summed E-state index contributed by atoms with van der Waals surface area (Å²) in [5.74, 6) is 0. The van der Waals surface area contributed by atoms with E-state index in [1.807, 2.05) is 0 Å². The van der Waals surface area contributed by atoms with Crippen LogP contribution in [0.2, 0.25) is 0 Å². The summed E-state index contributed by atoms with van der Waals surface area (Å²) in [7, 11) is 0.